The molecular weight excluding hydrogens is 398 g/mol. The standard InChI is InChI=1S/C24H25NO4S/c1-24(2,3)21(26)14-22-25-23(27)20(30-22)13-17-10-11-18(19(12-17)28-4)29-15-16-8-6-5-7-9-16/h5-14H,15H2,1-4H3,(H,25,27)/b20-13-,22-14-. The molecule has 1 N–H and O–H groups in total. The fraction of sp³-hybridized carbons (Fsp3) is 0.250. The highest BCUT2D eigenvalue weighted by Crippen LogP contribution is 2.29. The van der Waals surface area contributed by atoms with Crippen molar-refractivity contribution in [2.45, 2.75) is 27.4 Å². The van der Waals surface area contributed by atoms with Crippen molar-refractivity contribution >= 4 is 29.3 Å². The maximum atomic E-state index is 12.3. The van der Waals surface area contributed by atoms with Crippen molar-refractivity contribution in [1.29, 1.82) is 0 Å². The second-order valence-corrected chi connectivity index (χ2v) is 8.96. The smallest absolute Gasteiger partial charge is 0.266 e. The predicted octanol–water partition coefficient (Wildman–Crippen LogP) is 3.25. The fourth-order valence-corrected chi connectivity index (χ4v) is 3.53. The number of Topliss-reactive ketones (excluding diaryl/α,β-unsaturated/α-hetero) is 1. The van der Waals surface area contributed by atoms with Gasteiger partial charge in [0.1, 0.15) is 6.61 Å². The first-order valence-corrected chi connectivity index (χ1v) is 10.4. The van der Waals surface area contributed by atoms with E-state index in [2.05, 4.69) is 4.98 Å². The van der Waals surface area contributed by atoms with Crippen molar-refractivity contribution in [3.05, 3.63) is 79.2 Å². The topological polar surface area (TPSA) is 68.4 Å². The summed E-state index contributed by atoms with van der Waals surface area (Å²) in [6.45, 7) is 5.97. The summed E-state index contributed by atoms with van der Waals surface area (Å²) in [6, 6.07) is 15.4. The molecule has 0 atom stereocenters. The van der Waals surface area contributed by atoms with Gasteiger partial charge in [0, 0.05) is 11.5 Å². The van der Waals surface area contributed by atoms with E-state index in [1.807, 2.05) is 69.3 Å². The van der Waals surface area contributed by atoms with Gasteiger partial charge in [0.2, 0.25) is 0 Å². The van der Waals surface area contributed by atoms with Crippen LogP contribution in [0.5, 0.6) is 11.5 Å². The van der Waals surface area contributed by atoms with Gasteiger partial charge >= 0.3 is 0 Å². The van der Waals surface area contributed by atoms with E-state index in [0.717, 1.165) is 11.1 Å². The van der Waals surface area contributed by atoms with E-state index in [-0.39, 0.29) is 11.3 Å². The zero-order valence-electron chi connectivity index (χ0n) is 17.5. The van der Waals surface area contributed by atoms with Crippen molar-refractivity contribution < 1.29 is 14.3 Å². The lowest BCUT2D eigenvalue weighted by atomic mass is 9.91. The molecule has 0 fully saturated rings. The molecule has 1 aromatic heterocycles. The lowest BCUT2D eigenvalue weighted by Crippen LogP contribution is -2.22. The van der Waals surface area contributed by atoms with Crippen LogP contribution in [0.1, 0.15) is 31.9 Å². The van der Waals surface area contributed by atoms with Gasteiger partial charge in [-0.2, -0.15) is 0 Å². The number of hydrogen-bond acceptors (Lipinski definition) is 5. The Hall–Kier alpha value is -3.12. The number of hydrogen-bond donors (Lipinski definition) is 1. The quantitative estimate of drug-likeness (QED) is 0.661. The summed E-state index contributed by atoms with van der Waals surface area (Å²) in [5, 5.41) is 0. The number of carbonyl (C=O) groups excluding carboxylic acids is 1. The number of thiazole rings is 1. The Balaban J connectivity index is 1.86. The number of aromatic nitrogens is 1. The number of methoxy groups -OCH3 is 1. The molecular formula is C24H25NO4S. The molecule has 0 radical (unpaired) electrons. The molecule has 2 aromatic carbocycles. The van der Waals surface area contributed by atoms with Crippen molar-refractivity contribution in [2.75, 3.05) is 7.11 Å². The number of ether oxygens (including phenoxy) is 2. The summed E-state index contributed by atoms with van der Waals surface area (Å²) >= 11 is 1.25. The first kappa shape index (κ1) is 21.6. The van der Waals surface area contributed by atoms with Crippen LogP contribution in [0.3, 0.4) is 0 Å². The molecule has 0 spiro atoms. The third-order valence-corrected chi connectivity index (χ3v) is 5.37. The molecule has 0 bridgehead atoms. The number of H-pyrrole nitrogens is 1. The zero-order chi connectivity index (χ0) is 21.7. The molecule has 0 saturated carbocycles. The number of carbonyl (C=O) groups is 1. The van der Waals surface area contributed by atoms with Gasteiger partial charge in [-0.3, -0.25) is 9.59 Å². The summed E-state index contributed by atoms with van der Waals surface area (Å²) in [4.78, 5) is 27.2. The maximum Gasteiger partial charge on any atom is 0.266 e. The molecule has 1 heterocycles. The normalized spacial score (nSPS) is 12.8. The molecule has 0 unspecified atom stereocenters. The summed E-state index contributed by atoms with van der Waals surface area (Å²) in [5.74, 6) is 1.18. The fourth-order valence-electron chi connectivity index (χ4n) is 2.64. The van der Waals surface area contributed by atoms with E-state index in [4.69, 9.17) is 9.47 Å². The predicted molar refractivity (Wildman–Crippen MR) is 120 cm³/mol. The molecule has 30 heavy (non-hydrogen) atoms. The first-order valence-electron chi connectivity index (χ1n) is 9.58. The van der Waals surface area contributed by atoms with Crippen LogP contribution in [0, 0.1) is 5.41 Å². The maximum absolute atomic E-state index is 12.3. The summed E-state index contributed by atoms with van der Waals surface area (Å²) in [7, 11) is 1.58. The summed E-state index contributed by atoms with van der Waals surface area (Å²) in [6.07, 6.45) is 3.26. The minimum Gasteiger partial charge on any atom is -0.493 e. The monoisotopic (exact) mass is 423 g/mol. The number of aromatic amines is 1. The zero-order valence-corrected chi connectivity index (χ0v) is 18.3. The average molecular weight is 424 g/mol. The van der Waals surface area contributed by atoms with Gasteiger partial charge in [0.25, 0.3) is 5.56 Å². The molecule has 3 aromatic rings. The molecule has 6 heteroatoms. The number of benzene rings is 2. The number of nitrogens with one attached hydrogen (secondary N) is 1. The molecule has 0 amide bonds. The van der Waals surface area contributed by atoms with E-state index in [1.54, 1.807) is 13.2 Å². The van der Waals surface area contributed by atoms with Gasteiger partial charge in [-0.1, -0.05) is 57.2 Å². The molecule has 0 aliphatic heterocycles. The Morgan fingerprint density at radius 1 is 1.10 bits per heavy atom. The third-order valence-electron chi connectivity index (χ3n) is 4.40. The summed E-state index contributed by atoms with van der Waals surface area (Å²) < 4.78 is 12.4. The van der Waals surface area contributed by atoms with Crippen LogP contribution in [-0.2, 0) is 11.4 Å². The molecule has 5 nitrogen and oxygen atoms in total. The van der Waals surface area contributed by atoms with Gasteiger partial charge in [-0.25, -0.2) is 0 Å². The minimum absolute atomic E-state index is 0.0341. The van der Waals surface area contributed by atoms with Gasteiger partial charge in [0.05, 0.1) is 16.3 Å². The highest BCUT2D eigenvalue weighted by Gasteiger charge is 2.18. The van der Waals surface area contributed by atoms with Gasteiger partial charge in [-0.15, -0.1) is 11.3 Å². The van der Waals surface area contributed by atoms with Gasteiger partial charge in [-0.05, 0) is 29.3 Å². The van der Waals surface area contributed by atoms with Crippen molar-refractivity contribution in [3.8, 4) is 11.5 Å². The Labute approximate surface area is 179 Å². The van der Waals surface area contributed by atoms with Crippen LogP contribution in [0.25, 0.3) is 12.2 Å². The van der Waals surface area contributed by atoms with E-state index >= 15 is 0 Å². The number of ketones is 1. The van der Waals surface area contributed by atoms with E-state index < -0.39 is 5.41 Å². The Kier molecular flexibility index (Phi) is 6.57. The van der Waals surface area contributed by atoms with E-state index in [0.29, 0.717) is 27.3 Å². The van der Waals surface area contributed by atoms with Crippen LogP contribution in [0.4, 0.5) is 0 Å². The highest BCUT2D eigenvalue weighted by atomic mass is 32.1. The van der Waals surface area contributed by atoms with Crippen LogP contribution in [0.2, 0.25) is 0 Å². The van der Waals surface area contributed by atoms with Crippen LogP contribution >= 0.6 is 11.3 Å². The van der Waals surface area contributed by atoms with Crippen LogP contribution < -0.4 is 24.2 Å². The van der Waals surface area contributed by atoms with Gasteiger partial charge < -0.3 is 14.5 Å². The van der Waals surface area contributed by atoms with Crippen LogP contribution in [-0.4, -0.2) is 17.9 Å². The van der Waals surface area contributed by atoms with Crippen molar-refractivity contribution in [3.63, 3.8) is 0 Å². The lowest BCUT2D eigenvalue weighted by Gasteiger charge is -2.12. The molecule has 0 saturated heterocycles. The highest BCUT2D eigenvalue weighted by molar-refractivity contribution is 7.07. The van der Waals surface area contributed by atoms with E-state index in [1.165, 1.54) is 17.4 Å². The molecule has 156 valence electrons. The third kappa shape index (κ3) is 5.48. The Morgan fingerprint density at radius 3 is 2.50 bits per heavy atom. The second-order valence-electron chi connectivity index (χ2n) is 7.87. The molecule has 0 aliphatic rings. The van der Waals surface area contributed by atoms with E-state index in [9.17, 15) is 9.59 Å². The molecule has 3 rings (SSSR count). The number of rotatable bonds is 6. The Morgan fingerprint density at radius 2 is 1.83 bits per heavy atom. The Bertz CT molecular complexity index is 1200. The molecule has 0 aliphatic carbocycles. The van der Waals surface area contributed by atoms with Gasteiger partial charge in [0.15, 0.2) is 17.3 Å². The van der Waals surface area contributed by atoms with Crippen LogP contribution in [0.15, 0.2) is 53.3 Å². The SMILES string of the molecule is COc1cc(/C=c2\s/c(=C\C(=O)C(C)(C)C)[nH]c2=O)ccc1OCc1ccccc1. The minimum atomic E-state index is -0.492. The first-order chi connectivity index (χ1) is 14.3. The second kappa shape index (κ2) is 9.13. The summed E-state index contributed by atoms with van der Waals surface area (Å²) in [5.41, 5.74) is 1.15. The largest absolute Gasteiger partial charge is 0.493 e. The van der Waals surface area contributed by atoms with Crippen molar-refractivity contribution in [2.24, 2.45) is 5.41 Å². The van der Waals surface area contributed by atoms with Crippen molar-refractivity contribution in [1.82, 2.24) is 4.98 Å². The lowest BCUT2D eigenvalue weighted by molar-refractivity contribution is -0.119. The average Bonchev–Trinajstić information content (AvgIpc) is 3.05.